The van der Waals surface area contributed by atoms with Crippen molar-refractivity contribution in [1.29, 1.82) is 0 Å². The van der Waals surface area contributed by atoms with Crippen molar-refractivity contribution in [1.82, 2.24) is 25.0 Å². The molecule has 0 saturated heterocycles. The van der Waals surface area contributed by atoms with Gasteiger partial charge in [-0.1, -0.05) is 19.9 Å². The summed E-state index contributed by atoms with van der Waals surface area (Å²) in [6.07, 6.45) is 3.17. The highest BCUT2D eigenvalue weighted by atomic mass is 19.1. The molecule has 0 aliphatic carbocycles. The Bertz CT molecular complexity index is 995. The highest BCUT2D eigenvalue weighted by Crippen LogP contribution is 2.24. The Morgan fingerprint density at radius 1 is 1.21 bits per heavy atom. The zero-order valence-electron chi connectivity index (χ0n) is 17.0. The Balaban J connectivity index is 1.77. The molecule has 0 spiro atoms. The zero-order valence-corrected chi connectivity index (χ0v) is 17.0. The minimum atomic E-state index is -0.648. The molecule has 1 aromatic carbocycles. The van der Waals surface area contributed by atoms with Gasteiger partial charge in [0.25, 0.3) is 5.91 Å². The number of fused-ring (bicyclic) bond motifs is 1. The Kier molecular flexibility index (Phi) is 6.22. The smallest absolute Gasteiger partial charge is 0.252 e. The van der Waals surface area contributed by atoms with Crippen LogP contribution in [0, 0.1) is 17.6 Å². The second-order valence-electron chi connectivity index (χ2n) is 7.68. The number of hydrogen-bond acceptors (Lipinski definition) is 4. The summed E-state index contributed by atoms with van der Waals surface area (Å²) < 4.78 is 30.2. The minimum Gasteiger partial charge on any atom is -0.350 e. The number of nitrogens with zero attached hydrogens (tertiary/aromatic N) is 4. The van der Waals surface area contributed by atoms with Gasteiger partial charge in [0.2, 0.25) is 0 Å². The van der Waals surface area contributed by atoms with Gasteiger partial charge in [-0.2, -0.15) is 5.10 Å². The molecule has 0 aliphatic heterocycles. The Labute approximate surface area is 168 Å². The fraction of sp³-hybridized carbons (Fsp3) is 0.381. The van der Waals surface area contributed by atoms with Crippen molar-refractivity contribution in [2.24, 2.45) is 5.92 Å². The molecule has 0 fully saturated rings. The average molecular weight is 401 g/mol. The van der Waals surface area contributed by atoms with E-state index in [1.807, 2.05) is 4.68 Å². The van der Waals surface area contributed by atoms with E-state index in [9.17, 15) is 13.6 Å². The van der Waals surface area contributed by atoms with E-state index < -0.39 is 17.7 Å². The second kappa shape index (κ2) is 8.65. The quantitative estimate of drug-likeness (QED) is 0.659. The summed E-state index contributed by atoms with van der Waals surface area (Å²) in [5.41, 5.74) is 1.02. The van der Waals surface area contributed by atoms with Crippen LogP contribution in [0.4, 0.5) is 8.78 Å². The van der Waals surface area contributed by atoms with Crippen LogP contribution >= 0.6 is 0 Å². The summed E-state index contributed by atoms with van der Waals surface area (Å²) in [6, 6.07) is 4.81. The SMILES string of the molecule is CC(C)Cn1ncc2cc(C(=O)NCC(c3c(F)cccc3F)N(C)C)cnc21. The van der Waals surface area contributed by atoms with Gasteiger partial charge in [-0.3, -0.25) is 4.79 Å². The van der Waals surface area contributed by atoms with Crippen LogP contribution in [0.2, 0.25) is 0 Å². The molecular formula is C21H25F2N5O. The van der Waals surface area contributed by atoms with Crippen LogP contribution in [-0.4, -0.2) is 46.2 Å². The van der Waals surface area contributed by atoms with Crippen molar-refractivity contribution >= 4 is 16.9 Å². The van der Waals surface area contributed by atoms with Gasteiger partial charge in [-0.05, 0) is 38.2 Å². The fourth-order valence-corrected chi connectivity index (χ4v) is 3.24. The zero-order chi connectivity index (χ0) is 21.1. The van der Waals surface area contributed by atoms with Crippen molar-refractivity contribution in [3.63, 3.8) is 0 Å². The van der Waals surface area contributed by atoms with Crippen LogP contribution in [0.25, 0.3) is 11.0 Å². The van der Waals surface area contributed by atoms with Crippen LogP contribution in [0.3, 0.4) is 0 Å². The predicted octanol–water partition coefficient (Wildman–Crippen LogP) is 3.40. The van der Waals surface area contributed by atoms with E-state index in [0.717, 1.165) is 17.6 Å². The molecule has 3 aromatic rings. The van der Waals surface area contributed by atoms with Crippen LogP contribution in [0.1, 0.15) is 35.8 Å². The molecular weight excluding hydrogens is 376 g/mol. The number of likely N-dealkylation sites (N-methyl/N-ethyl adjacent to an activating group) is 1. The molecule has 2 heterocycles. The van der Waals surface area contributed by atoms with Crippen LogP contribution < -0.4 is 5.32 Å². The summed E-state index contributed by atoms with van der Waals surface area (Å²) >= 11 is 0. The summed E-state index contributed by atoms with van der Waals surface area (Å²) in [7, 11) is 3.42. The summed E-state index contributed by atoms with van der Waals surface area (Å²) in [5.74, 6) is -1.22. The highest BCUT2D eigenvalue weighted by Gasteiger charge is 2.23. The van der Waals surface area contributed by atoms with Gasteiger partial charge in [-0.25, -0.2) is 18.4 Å². The molecule has 8 heteroatoms. The number of pyridine rings is 1. The first-order valence-electron chi connectivity index (χ1n) is 9.48. The predicted molar refractivity (Wildman–Crippen MR) is 107 cm³/mol. The Morgan fingerprint density at radius 2 is 1.90 bits per heavy atom. The number of nitrogens with one attached hydrogen (secondary N) is 1. The first-order valence-corrected chi connectivity index (χ1v) is 9.48. The van der Waals surface area contributed by atoms with E-state index >= 15 is 0 Å². The topological polar surface area (TPSA) is 63.1 Å². The van der Waals surface area contributed by atoms with Crippen molar-refractivity contribution in [3.8, 4) is 0 Å². The van der Waals surface area contributed by atoms with Crippen LogP contribution in [0.15, 0.2) is 36.7 Å². The second-order valence-corrected chi connectivity index (χ2v) is 7.68. The third kappa shape index (κ3) is 4.59. The molecule has 29 heavy (non-hydrogen) atoms. The number of carbonyl (C=O) groups excluding carboxylic acids is 1. The minimum absolute atomic E-state index is 0.0499. The normalized spacial score (nSPS) is 12.7. The molecule has 154 valence electrons. The van der Waals surface area contributed by atoms with Crippen LogP contribution in [0.5, 0.6) is 0 Å². The molecule has 0 radical (unpaired) electrons. The average Bonchev–Trinajstić information content (AvgIpc) is 3.05. The lowest BCUT2D eigenvalue weighted by atomic mass is 10.0. The molecule has 3 rings (SSSR count). The fourth-order valence-electron chi connectivity index (χ4n) is 3.24. The van der Waals surface area contributed by atoms with Gasteiger partial charge >= 0.3 is 0 Å². The lowest BCUT2D eigenvalue weighted by Gasteiger charge is -2.25. The van der Waals surface area contributed by atoms with Gasteiger partial charge < -0.3 is 10.2 Å². The van der Waals surface area contributed by atoms with E-state index in [0.29, 0.717) is 11.5 Å². The van der Waals surface area contributed by atoms with E-state index in [1.54, 1.807) is 31.3 Å². The molecule has 1 unspecified atom stereocenters. The number of carbonyl (C=O) groups is 1. The Morgan fingerprint density at radius 3 is 2.52 bits per heavy atom. The largest absolute Gasteiger partial charge is 0.350 e. The van der Waals surface area contributed by atoms with Crippen molar-refractivity contribution in [3.05, 3.63) is 59.4 Å². The highest BCUT2D eigenvalue weighted by molar-refractivity contribution is 5.96. The number of hydrogen-bond donors (Lipinski definition) is 1. The van der Waals surface area contributed by atoms with Crippen molar-refractivity contribution in [2.45, 2.75) is 26.4 Å². The molecule has 0 saturated carbocycles. The molecule has 1 N–H and O–H groups in total. The van der Waals surface area contributed by atoms with Crippen molar-refractivity contribution < 1.29 is 13.6 Å². The molecule has 0 aliphatic rings. The third-order valence-electron chi connectivity index (χ3n) is 4.69. The molecule has 0 bridgehead atoms. The number of benzene rings is 1. The standard InChI is InChI=1S/C21H25F2N5O/c1-13(2)12-28-20-14(10-26-28)8-15(9-24-20)21(29)25-11-18(27(3)4)19-16(22)6-5-7-17(19)23/h5-10,13,18H,11-12H2,1-4H3,(H,25,29). The lowest BCUT2D eigenvalue weighted by Crippen LogP contribution is -2.35. The molecule has 1 atom stereocenters. The van der Waals surface area contributed by atoms with Crippen molar-refractivity contribution in [2.75, 3.05) is 20.6 Å². The van der Waals surface area contributed by atoms with Gasteiger partial charge in [0.05, 0.1) is 17.8 Å². The maximum Gasteiger partial charge on any atom is 0.252 e. The van der Waals surface area contributed by atoms with Gasteiger partial charge in [0.15, 0.2) is 5.65 Å². The van der Waals surface area contributed by atoms with E-state index in [4.69, 9.17) is 0 Å². The summed E-state index contributed by atoms with van der Waals surface area (Å²) in [4.78, 5) is 18.7. The number of rotatable bonds is 7. The number of amides is 1. The molecule has 2 aromatic heterocycles. The Hall–Kier alpha value is -2.87. The number of aromatic nitrogens is 3. The number of halogens is 2. The van der Waals surface area contributed by atoms with E-state index in [1.165, 1.54) is 24.4 Å². The first kappa shape index (κ1) is 20.9. The maximum atomic E-state index is 14.2. The van der Waals surface area contributed by atoms with Crippen LogP contribution in [-0.2, 0) is 6.54 Å². The van der Waals surface area contributed by atoms with Gasteiger partial charge in [0, 0.05) is 30.2 Å². The maximum absolute atomic E-state index is 14.2. The van der Waals surface area contributed by atoms with Gasteiger partial charge in [0.1, 0.15) is 11.6 Å². The lowest BCUT2D eigenvalue weighted by molar-refractivity contribution is 0.0940. The summed E-state index contributed by atoms with van der Waals surface area (Å²) in [6.45, 7) is 4.97. The molecule has 6 nitrogen and oxygen atoms in total. The van der Waals surface area contributed by atoms with E-state index in [-0.39, 0.29) is 18.0 Å². The monoisotopic (exact) mass is 401 g/mol. The first-order chi connectivity index (χ1) is 13.8. The van der Waals surface area contributed by atoms with E-state index in [2.05, 4.69) is 29.2 Å². The third-order valence-corrected chi connectivity index (χ3v) is 4.69. The molecule has 1 amide bonds. The van der Waals surface area contributed by atoms with Gasteiger partial charge in [-0.15, -0.1) is 0 Å². The summed E-state index contributed by atoms with van der Waals surface area (Å²) in [5, 5.41) is 7.85.